The largest absolute Gasteiger partial charge is 0.492 e. The SMILES string of the molecule is CCCNC(=O)CCn1c(N)nc2c(OCC)cccc21. The van der Waals surface area contributed by atoms with Crippen molar-refractivity contribution in [1.29, 1.82) is 0 Å². The van der Waals surface area contributed by atoms with Gasteiger partial charge in [0.25, 0.3) is 0 Å². The van der Waals surface area contributed by atoms with Gasteiger partial charge in [0.15, 0.2) is 0 Å². The number of nitrogens with one attached hydrogen (secondary N) is 1. The normalized spacial score (nSPS) is 10.8. The average Bonchev–Trinajstić information content (AvgIpc) is 2.80. The molecule has 0 spiro atoms. The highest BCUT2D eigenvalue weighted by Gasteiger charge is 2.13. The van der Waals surface area contributed by atoms with E-state index in [1.807, 2.05) is 36.6 Å². The fraction of sp³-hybridized carbons (Fsp3) is 0.467. The van der Waals surface area contributed by atoms with E-state index in [9.17, 15) is 4.79 Å². The average molecular weight is 290 g/mol. The lowest BCUT2D eigenvalue weighted by molar-refractivity contribution is -0.121. The standard InChI is InChI=1S/C15H22N4O2/c1-3-9-17-13(20)8-10-19-11-6-5-7-12(21-4-2)14(11)18-15(19)16/h5-7H,3-4,8-10H2,1-2H3,(H2,16,18)(H,17,20). The maximum Gasteiger partial charge on any atom is 0.221 e. The molecule has 0 saturated carbocycles. The molecule has 1 aromatic carbocycles. The molecule has 6 nitrogen and oxygen atoms in total. The van der Waals surface area contributed by atoms with Crippen molar-refractivity contribution in [2.45, 2.75) is 33.2 Å². The van der Waals surface area contributed by atoms with Gasteiger partial charge in [0.1, 0.15) is 11.3 Å². The molecule has 21 heavy (non-hydrogen) atoms. The Morgan fingerprint density at radius 2 is 2.24 bits per heavy atom. The van der Waals surface area contributed by atoms with Crippen molar-refractivity contribution in [3.63, 3.8) is 0 Å². The Labute approximate surface area is 124 Å². The maximum atomic E-state index is 11.7. The van der Waals surface area contributed by atoms with E-state index in [0.717, 1.165) is 23.2 Å². The number of hydrogen-bond donors (Lipinski definition) is 2. The van der Waals surface area contributed by atoms with Gasteiger partial charge in [-0.05, 0) is 25.5 Å². The molecule has 0 aliphatic rings. The second kappa shape index (κ2) is 6.97. The number of carbonyl (C=O) groups is 1. The molecule has 6 heteroatoms. The highest BCUT2D eigenvalue weighted by Crippen LogP contribution is 2.27. The number of para-hydroxylation sites is 1. The van der Waals surface area contributed by atoms with Crippen LogP contribution in [0.25, 0.3) is 11.0 Å². The molecule has 3 N–H and O–H groups in total. The number of rotatable bonds is 7. The van der Waals surface area contributed by atoms with Crippen molar-refractivity contribution < 1.29 is 9.53 Å². The number of anilines is 1. The Balaban J connectivity index is 2.18. The molecule has 1 heterocycles. The van der Waals surface area contributed by atoms with E-state index in [1.54, 1.807) is 0 Å². The van der Waals surface area contributed by atoms with Gasteiger partial charge in [-0.25, -0.2) is 4.98 Å². The molecule has 0 bridgehead atoms. The smallest absolute Gasteiger partial charge is 0.221 e. The van der Waals surface area contributed by atoms with Crippen molar-refractivity contribution in [2.24, 2.45) is 0 Å². The minimum Gasteiger partial charge on any atom is -0.492 e. The van der Waals surface area contributed by atoms with Crippen LogP contribution in [0.5, 0.6) is 5.75 Å². The zero-order valence-corrected chi connectivity index (χ0v) is 12.6. The number of aryl methyl sites for hydroxylation is 1. The van der Waals surface area contributed by atoms with E-state index in [-0.39, 0.29) is 5.91 Å². The van der Waals surface area contributed by atoms with Crippen LogP contribution in [-0.4, -0.2) is 28.6 Å². The van der Waals surface area contributed by atoms with E-state index >= 15 is 0 Å². The third-order valence-corrected chi connectivity index (χ3v) is 3.21. The van der Waals surface area contributed by atoms with Gasteiger partial charge in [-0.3, -0.25) is 4.79 Å². The first-order valence-electron chi connectivity index (χ1n) is 7.31. The zero-order valence-electron chi connectivity index (χ0n) is 12.6. The van der Waals surface area contributed by atoms with Gasteiger partial charge in [0, 0.05) is 19.5 Å². The van der Waals surface area contributed by atoms with E-state index in [2.05, 4.69) is 10.3 Å². The number of imidazole rings is 1. The fourth-order valence-electron chi connectivity index (χ4n) is 2.21. The predicted molar refractivity (Wildman–Crippen MR) is 83.2 cm³/mol. The molecule has 0 unspecified atom stereocenters. The van der Waals surface area contributed by atoms with Gasteiger partial charge in [-0.15, -0.1) is 0 Å². The lowest BCUT2D eigenvalue weighted by Crippen LogP contribution is -2.25. The van der Waals surface area contributed by atoms with E-state index in [0.29, 0.717) is 32.1 Å². The maximum absolute atomic E-state index is 11.7. The first-order chi connectivity index (χ1) is 10.2. The van der Waals surface area contributed by atoms with Gasteiger partial charge >= 0.3 is 0 Å². The number of ether oxygens (including phenoxy) is 1. The first kappa shape index (κ1) is 15.2. The van der Waals surface area contributed by atoms with Gasteiger partial charge in [-0.2, -0.15) is 0 Å². The molecule has 2 aromatic rings. The molecular weight excluding hydrogens is 268 g/mol. The quantitative estimate of drug-likeness (QED) is 0.816. The van der Waals surface area contributed by atoms with Crippen LogP contribution in [0.4, 0.5) is 5.95 Å². The summed E-state index contributed by atoms with van der Waals surface area (Å²) in [4.78, 5) is 16.1. The Bertz CT molecular complexity index is 621. The summed E-state index contributed by atoms with van der Waals surface area (Å²) in [5, 5.41) is 2.86. The number of hydrogen-bond acceptors (Lipinski definition) is 4. The Kier molecular flexibility index (Phi) is 5.03. The number of nitrogen functional groups attached to an aromatic ring is 1. The van der Waals surface area contributed by atoms with Gasteiger partial charge < -0.3 is 20.4 Å². The van der Waals surface area contributed by atoms with Crippen LogP contribution in [0.1, 0.15) is 26.7 Å². The summed E-state index contributed by atoms with van der Waals surface area (Å²) >= 11 is 0. The Morgan fingerprint density at radius 3 is 2.95 bits per heavy atom. The number of fused-ring (bicyclic) bond motifs is 1. The Hall–Kier alpha value is -2.24. The van der Waals surface area contributed by atoms with Gasteiger partial charge in [-0.1, -0.05) is 13.0 Å². The summed E-state index contributed by atoms with van der Waals surface area (Å²) < 4.78 is 7.41. The number of amides is 1. The third kappa shape index (κ3) is 3.45. The summed E-state index contributed by atoms with van der Waals surface area (Å²) in [7, 11) is 0. The predicted octanol–water partition coefficient (Wildman–Crippen LogP) is 1.93. The first-order valence-corrected chi connectivity index (χ1v) is 7.31. The number of carbonyl (C=O) groups excluding carboxylic acids is 1. The van der Waals surface area contributed by atoms with Crippen LogP contribution in [0.3, 0.4) is 0 Å². The molecule has 0 fully saturated rings. The van der Waals surface area contributed by atoms with Crippen LogP contribution in [0.15, 0.2) is 18.2 Å². The van der Waals surface area contributed by atoms with Gasteiger partial charge in [0.05, 0.1) is 12.1 Å². The summed E-state index contributed by atoms with van der Waals surface area (Å²) in [5.41, 5.74) is 7.60. The summed E-state index contributed by atoms with van der Waals surface area (Å²) in [6, 6.07) is 5.71. The van der Waals surface area contributed by atoms with Crippen LogP contribution < -0.4 is 15.8 Å². The lowest BCUT2D eigenvalue weighted by atomic mass is 10.3. The lowest BCUT2D eigenvalue weighted by Gasteiger charge is -2.08. The molecule has 0 aliphatic carbocycles. The number of nitrogens with two attached hydrogens (primary N) is 1. The third-order valence-electron chi connectivity index (χ3n) is 3.21. The van der Waals surface area contributed by atoms with Crippen LogP contribution in [-0.2, 0) is 11.3 Å². The van der Waals surface area contributed by atoms with Crippen molar-refractivity contribution in [1.82, 2.24) is 14.9 Å². The summed E-state index contributed by atoms with van der Waals surface area (Å²) in [5.74, 6) is 1.15. The molecule has 0 radical (unpaired) electrons. The molecule has 1 aromatic heterocycles. The van der Waals surface area contributed by atoms with E-state index in [1.165, 1.54) is 0 Å². The summed E-state index contributed by atoms with van der Waals surface area (Å²) in [6.07, 6.45) is 1.31. The molecule has 0 atom stereocenters. The van der Waals surface area contributed by atoms with Crippen molar-refractivity contribution in [3.05, 3.63) is 18.2 Å². The van der Waals surface area contributed by atoms with Crippen molar-refractivity contribution in [2.75, 3.05) is 18.9 Å². The van der Waals surface area contributed by atoms with Crippen molar-refractivity contribution >= 4 is 22.9 Å². The van der Waals surface area contributed by atoms with E-state index in [4.69, 9.17) is 10.5 Å². The molecule has 0 saturated heterocycles. The van der Waals surface area contributed by atoms with Crippen LogP contribution in [0.2, 0.25) is 0 Å². The number of benzene rings is 1. The van der Waals surface area contributed by atoms with Crippen LogP contribution in [0, 0.1) is 0 Å². The molecule has 2 rings (SSSR count). The number of aromatic nitrogens is 2. The zero-order chi connectivity index (χ0) is 15.2. The van der Waals surface area contributed by atoms with E-state index < -0.39 is 0 Å². The molecule has 0 aliphatic heterocycles. The minimum atomic E-state index is 0.0269. The molecule has 1 amide bonds. The minimum absolute atomic E-state index is 0.0269. The monoisotopic (exact) mass is 290 g/mol. The van der Waals surface area contributed by atoms with Gasteiger partial charge in [0.2, 0.25) is 11.9 Å². The molecular formula is C15H22N4O2. The summed E-state index contributed by atoms with van der Waals surface area (Å²) in [6.45, 7) is 5.74. The van der Waals surface area contributed by atoms with Crippen molar-refractivity contribution in [3.8, 4) is 5.75 Å². The van der Waals surface area contributed by atoms with Crippen LogP contribution >= 0.6 is 0 Å². The highest BCUT2D eigenvalue weighted by molar-refractivity contribution is 5.84. The second-order valence-electron chi connectivity index (χ2n) is 4.78. The topological polar surface area (TPSA) is 82.2 Å². The number of nitrogens with zero attached hydrogens (tertiary/aromatic N) is 2. The Morgan fingerprint density at radius 1 is 1.43 bits per heavy atom. The highest BCUT2D eigenvalue weighted by atomic mass is 16.5. The second-order valence-corrected chi connectivity index (χ2v) is 4.78. The fourth-order valence-corrected chi connectivity index (χ4v) is 2.21. The molecule has 114 valence electrons.